The van der Waals surface area contributed by atoms with Crippen molar-refractivity contribution in [3.63, 3.8) is 0 Å². The summed E-state index contributed by atoms with van der Waals surface area (Å²) in [6.07, 6.45) is 0.268. The van der Waals surface area contributed by atoms with Gasteiger partial charge in [0.15, 0.2) is 9.84 Å². The lowest BCUT2D eigenvalue weighted by molar-refractivity contribution is 0.282. The van der Waals surface area contributed by atoms with Crippen LogP contribution in [-0.2, 0) is 9.84 Å². The summed E-state index contributed by atoms with van der Waals surface area (Å²) >= 11 is 0. The van der Waals surface area contributed by atoms with E-state index in [9.17, 15) is 8.42 Å². The molecule has 2 unspecified atom stereocenters. The number of fused-ring (bicyclic) bond motifs is 1. The third kappa shape index (κ3) is 2.05. The fourth-order valence-electron chi connectivity index (χ4n) is 2.31. The van der Waals surface area contributed by atoms with Crippen LogP contribution < -0.4 is 5.32 Å². The van der Waals surface area contributed by atoms with Gasteiger partial charge >= 0.3 is 0 Å². The van der Waals surface area contributed by atoms with Crippen molar-refractivity contribution in [2.45, 2.75) is 36.5 Å². The molecule has 1 heterocycles. The first kappa shape index (κ1) is 12.4. The summed E-state index contributed by atoms with van der Waals surface area (Å²) in [5, 5.41) is 11.6. The average Bonchev–Trinajstić information content (AvgIpc) is 2.23. The summed E-state index contributed by atoms with van der Waals surface area (Å²) in [5.74, 6) is 0. The minimum Gasteiger partial charge on any atom is -0.396 e. The van der Waals surface area contributed by atoms with Crippen molar-refractivity contribution < 1.29 is 13.5 Å². The second-order valence-corrected chi connectivity index (χ2v) is 6.66. The monoisotopic (exact) mass is 255 g/mol. The van der Waals surface area contributed by atoms with E-state index >= 15 is 0 Å². The molecule has 0 radical (unpaired) electrons. The van der Waals surface area contributed by atoms with Crippen molar-refractivity contribution in [3.05, 3.63) is 23.8 Å². The topological polar surface area (TPSA) is 66.4 Å². The molecule has 0 saturated heterocycles. The first-order valence-corrected chi connectivity index (χ1v) is 7.23. The number of hydrogen-bond donors (Lipinski definition) is 2. The van der Waals surface area contributed by atoms with Gasteiger partial charge in [-0.2, -0.15) is 0 Å². The summed E-state index contributed by atoms with van der Waals surface area (Å²) in [4.78, 5) is 0.347. The number of aryl methyl sites for hydroxylation is 1. The Labute approximate surface area is 102 Å². The molecule has 2 atom stereocenters. The van der Waals surface area contributed by atoms with Gasteiger partial charge in [-0.15, -0.1) is 0 Å². The molecule has 1 aromatic carbocycles. The van der Waals surface area contributed by atoms with E-state index in [2.05, 4.69) is 5.32 Å². The third-order valence-electron chi connectivity index (χ3n) is 3.19. The highest BCUT2D eigenvalue weighted by Crippen LogP contribution is 2.34. The summed E-state index contributed by atoms with van der Waals surface area (Å²) in [7, 11) is -3.33. The zero-order chi connectivity index (χ0) is 12.6. The Morgan fingerprint density at radius 3 is 2.76 bits per heavy atom. The molecule has 0 aliphatic carbocycles. The normalized spacial score (nSPS) is 26.1. The third-order valence-corrected chi connectivity index (χ3v) is 5.60. The first-order chi connectivity index (χ1) is 7.96. The first-order valence-electron chi connectivity index (χ1n) is 5.69. The number of rotatable bonds is 2. The molecule has 0 fully saturated rings. The van der Waals surface area contributed by atoms with Gasteiger partial charge in [0.1, 0.15) is 0 Å². The van der Waals surface area contributed by atoms with E-state index in [1.165, 1.54) is 0 Å². The number of aliphatic hydroxyl groups is 1. The summed E-state index contributed by atoms with van der Waals surface area (Å²) < 4.78 is 24.7. The predicted octanol–water partition coefficient (Wildman–Crippen LogP) is 1.33. The number of hydrogen-bond acceptors (Lipinski definition) is 4. The highest BCUT2D eigenvalue weighted by Gasteiger charge is 2.37. The van der Waals surface area contributed by atoms with Crippen LogP contribution in [0.15, 0.2) is 23.1 Å². The van der Waals surface area contributed by atoms with Gasteiger partial charge in [0.2, 0.25) is 0 Å². The molecule has 0 aromatic heterocycles. The van der Waals surface area contributed by atoms with Crippen molar-refractivity contribution in [2.24, 2.45) is 0 Å². The maximum absolute atomic E-state index is 12.4. The zero-order valence-corrected chi connectivity index (χ0v) is 10.8. The maximum Gasteiger partial charge on any atom is 0.185 e. The summed E-state index contributed by atoms with van der Waals surface area (Å²) in [5.41, 5.74) is 1.70. The van der Waals surface area contributed by atoms with E-state index in [4.69, 9.17) is 5.11 Å². The highest BCUT2D eigenvalue weighted by atomic mass is 32.2. The number of sulfone groups is 1. The van der Waals surface area contributed by atoms with Gasteiger partial charge in [0.05, 0.1) is 15.8 Å². The van der Waals surface area contributed by atoms with Crippen LogP contribution in [0.2, 0.25) is 0 Å². The van der Waals surface area contributed by atoms with Crippen molar-refractivity contribution in [2.75, 3.05) is 11.9 Å². The van der Waals surface area contributed by atoms with Crippen LogP contribution in [0.1, 0.15) is 18.9 Å². The Morgan fingerprint density at radius 2 is 2.12 bits per heavy atom. The Balaban J connectivity index is 2.54. The van der Waals surface area contributed by atoms with Crippen LogP contribution in [0.25, 0.3) is 0 Å². The van der Waals surface area contributed by atoms with Crippen molar-refractivity contribution in [1.82, 2.24) is 0 Å². The molecular formula is C12H17NO3S. The van der Waals surface area contributed by atoms with Crippen LogP contribution in [0, 0.1) is 6.92 Å². The number of nitrogens with one attached hydrogen (secondary N) is 1. The SMILES string of the molecule is Cc1ccc2c(c1)NC(C)C(CCO)S2(=O)=O. The Morgan fingerprint density at radius 1 is 1.41 bits per heavy atom. The minimum atomic E-state index is -3.33. The molecule has 0 bridgehead atoms. The standard InChI is InChI=1S/C12H17NO3S/c1-8-3-4-12-10(7-8)13-9(2)11(5-6-14)17(12,15)16/h3-4,7,9,11,13-14H,5-6H2,1-2H3. The molecule has 2 rings (SSSR count). The average molecular weight is 255 g/mol. The molecular weight excluding hydrogens is 238 g/mol. The molecule has 1 aliphatic heterocycles. The van der Waals surface area contributed by atoms with Gasteiger partial charge in [-0.3, -0.25) is 0 Å². The molecule has 4 nitrogen and oxygen atoms in total. The van der Waals surface area contributed by atoms with Gasteiger partial charge in [-0.25, -0.2) is 8.42 Å². The van der Waals surface area contributed by atoms with Crippen molar-refractivity contribution in [1.29, 1.82) is 0 Å². The van der Waals surface area contributed by atoms with Gasteiger partial charge in [0.25, 0.3) is 0 Å². The lowest BCUT2D eigenvalue weighted by Crippen LogP contribution is -2.42. The van der Waals surface area contributed by atoms with Crippen LogP contribution >= 0.6 is 0 Å². The van der Waals surface area contributed by atoms with Crippen LogP contribution in [0.3, 0.4) is 0 Å². The van der Waals surface area contributed by atoms with Crippen LogP contribution in [0.5, 0.6) is 0 Å². The summed E-state index contributed by atoms with van der Waals surface area (Å²) in [6, 6.07) is 5.10. The van der Waals surface area contributed by atoms with Gasteiger partial charge in [-0.1, -0.05) is 6.07 Å². The minimum absolute atomic E-state index is 0.114. The van der Waals surface area contributed by atoms with E-state index in [-0.39, 0.29) is 19.1 Å². The lowest BCUT2D eigenvalue weighted by atomic mass is 10.1. The largest absolute Gasteiger partial charge is 0.396 e. The van der Waals surface area contributed by atoms with E-state index < -0.39 is 15.1 Å². The zero-order valence-electron chi connectivity index (χ0n) is 9.97. The van der Waals surface area contributed by atoms with Crippen molar-refractivity contribution >= 4 is 15.5 Å². The molecule has 5 heteroatoms. The second-order valence-electron chi connectivity index (χ2n) is 4.53. The van der Waals surface area contributed by atoms with Crippen molar-refractivity contribution in [3.8, 4) is 0 Å². The number of benzene rings is 1. The number of aliphatic hydroxyl groups excluding tert-OH is 1. The lowest BCUT2D eigenvalue weighted by Gasteiger charge is -2.32. The molecule has 0 spiro atoms. The second kappa shape index (κ2) is 4.31. The number of anilines is 1. The van der Waals surface area contributed by atoms with E-state index in [1.807, 2.05) is 19.9 Å². The molecule has 1 aliphatic rings. The van der Waals surface area contributed by atoms with E-state index in [0.717, 1.165) is 5.56 Å². The van der Waals surface area contributed by atoms with Gasteiger partial charge in [-0.05, 0) is 38.0 Å². The summed E-state index contributed by atoms with van der Waals surface area (Å²) in [6.45, 7) is 3.65. The van der Waals surface area contributed by atoms with E-state index in [0.29, 0.717) is 10.6 Å². The molecule has 2 N–H and O–H groups in total. The Hall–Kier alpha value is -1.07. The fraction of sp³-hybridized carbons (Fsp3) is 0.500. The maximum atomic E-state index is 12.4. The molecule has 0 amide bonds. The molecule has 94 valence electrons. The van der Waals surface area contributed by atoms with Gasteiger partial charge < -0.3 is 10.4 Å². The molecule has 0 saturated carbocycles. The fourth-order valence-corrected chi connectivity index (χ4v) is 4.34. The Bertz CT molecular complexity index is 525. The smallest absolute Gasteiger partial charge is 0.185 e. The quantitative estimate of drug-likeness (QED) is 0.836. The molecule has 1 aromatic rings. The highest BCUT2D eigenvalue weighted by molar-refractivity contribution is 7.92. The van der Waals surface area contributed by atoms with Gasteiger partial charge in [0, 0.05) is 12.6 Å². The molecule has 17 heavy (non-hydrogen) atoms. The van der Waals surface area contributed by atoms with E-state index in [1.54, 1.807) is 12.1 Å². The Kier molecular flexibility index (Phi) is 3.14. The predicted molar refractivity (Wildman–Crippen MR) is 66.9 cm³/mol. The van der Waals surface area contributed by atoms with Crippen LogP contribution in [0.4, 0.5) is 5.69 Å². The van der Waals surface area contributed by atoms with Crippen LogP contribution in [-0.4, -0.2) is 31.4 Å².